The number of halogens is 1. The molecule has 136 valence electrons. The number of carbonyl (C=O) groups excluding carboxylic acids is 2. The van der Waals surface area contributed by atoms with Crippen molar-refractivity contribution in [2.45, 2.75) is 13.0 Å². The van der Waals surface area contributed by atoms with E-state index in [9.17, 15) is 9.59 Å². The van der Waals surface area contributed by atoms with Crippen LogP contribution in [0.5, 0.6) is 11.5 Å². The van der Waals surface area contributed by atoms with Crippen LogP contribution in [0.4, 0.5) is 11.4 Å². The lowest BCUT2D eigenvalue weighted by Crippen LogP contribution is -2.30. The molecule has 0 spiro atoms. The van der Waals surface area contributed by atoms with Crippen LogP contribution in [0.15, 0.2) is 36.4 Å². The van der Waals surface area contributed by atoms with E-state index in [1.54, 1.807) is 18.2 Å². The fraction of sp³-hybridized carbons (Fsp3) is 0.222. The van der Waals surface area contributed by atoms with Crippen molar-refractivity contribution in [3.05, 3.63) is 47.0 Å². The molecule has 1 aliphatic rings. The lowest BCUT2D eigenvalue weighted by atomic mass is 10.2. The second-order valence-corrected chi connectivity index (χ2v) is 6.06. The Balaban J connectivity index is 1.63. The number of benzene rings is 2. The standard InChI is InChI=1S/C18H17ClN2O5/c1-10(26-18(23)13-4-2-11(19)8-14(13)20)17(22)21-12-3-5-15-16(9-12)25-7-6-24-15/h2-5,8-10H,6-7,20H2,1H3,(H,21,22). The third kappa shape index (κ3) is 4.00. The number of carbonyl (C=O) groups is 2. The maximum atomic E-state index is 12.3. The van der Waals surface area contributed by atoms with Gasteiger partial charge in [-0.3, -0.25) is 4.79 Å². The number of amides is 1. The van der Waals surface area contributed by atoms with Crippen LogP contribution in [0.2, 0.25) is 5.02 Å². The summed E-state index contributed by atoms with van der Waals surface area (Å²) in [4.78, 5) is 24.4. The molecule has 1 heterocycles. The molecule has 0 saturated carbocycles. The molecule has 7 nitrogen and oxygen atoms in total. The van der Waals surface area contributed by atoms with Crippen molar-refractivity contribution in [1.82, 2.24) is 0 Å². The molecule has 0 fully saturated rings. The molecule has 3 rings (SSSR count). The Kier molecular flexibility index (Phi) is 5.18. The van der Waals surface area contributed by atoms with Crippen LogP contribution in [0, 0.1) is 0 Å². The van der Waals surface area contributed by atoms with Gasteiger partial charge in [0.15, 0.2) is 17.6 Å². The number of hydrogen-bond acceptors (Lipinski definition) is 6. The molecule has 1 amide bonds. The highest BCUT2D eigenvalue weighted by Crippen LogP contribution is 2.32. The zero-order valence-electron chi connectivity index (χ0n) is 14.0. The smallest absolute Gasteiger partial charge is 0.341 e. The van der Waals surface area contributed by atoms with E-state index >= 15 is 0 Å². The first-order valence-corrected chi connectivity index (χ1v) is 8.28. The Morgan fingerprint density at radius 2 is 1.88 bits per heavy atom. The molecule has 0 radical (unpaired) electrons. The molecular formula is C18H17ClN2O5. The first-order valence-electron chi connectivity index (χ1n) is 7.90. The number of fused-ring (bicyclic) bond motifs is 1. The number of anilines is 2. The van der Waals surface area contributed by atoms with Crippen molar-refractivity contribution in [1.29, 1.82) is 0 Å². The number of nitrogens with two attached hydrogens (primary N) is 1. The average molecular weight is 377 g/mol. The highest BCUT2D eigenvalue weighted by molar-refractivity contribution is 6.31. The molecular weight excluding hydrogens is 360 g/mol. The zero-order chi connectivity index (χ0) is 18.7. The van der Waals surface area contributed by atoms with Crippen molar-refractivity contribution in [3.8, 4) is 11.5 Å². The largest absolute Gasteiger partial charge is 0.486 e. The zero-order valence-corrected chi connectivity index (χ0v) is 14.7. The Labute approximate surface area is 155 Å². The van der Waals surface area contributed by atoms with Gasteiger partial charge in [0.05, 0.1) is 5.56 Å². The molecule has 1 unspecified atom stereocenters. The molecule has 0 bridgehead atoms. The predicted octanol–water partition coefficient (Wildman–Crippen LogP) is 2.88. The molecule has 8 heteroatoms. The van der Waals surface area contributed by atoms with Crippen molar-refractivity contribution in [3.63, 3.8) is 0 Å². The van der Waals surface area contributed by atoms with Gasteiger partial charge < -0.3 is 25.3 Å². The summed E-state index contributed by atoms with van der Waals surface area (Å²) in [6.45, 7) is 2.40. The minimum absolute atomic E-state index is 0.147. The minimum atomic E-state index is -1.02. The Morgan fingerprint density at radius 3 is 2.62 bits per heavy atom. The van der Waals surface area contributed by atoms with E-state index in [0.717, 1.165) is 0 Å². The molecule has 26 heavy (non-hydrogen) atoms. The highest BCUT2D eigenvalue weighted by Gasteiger charge is 2.21. The number of nitrogen functional groups attached to an aromatic ring is 1. The van der Waals surface area contributed by atoms with E-state index in [1.807, 2.05) is 0 Å². The van der Waals surface area contributed by atoms with E-state index in [0.29, 0.717) is 35.4 Å². The second-order valence-electron chi connectivity index (χ2n) is 5.63. The van der Waals surface area contributed by atoms with Gasteiger partial charge in [0.2, 0.25) is 0 Å². The highest BCUT2D eigenvalue weighted by atomic mass is 35.5. The summed E-state index contributed by atoms with van der Waals surface area (Å²) in [6, 6.07) is 9.45. The summed E-state index contributed by atoms with van der Waals surface area (Å²) in [5.74, 6) is -0.0221. The molecule has 2 aromatic carbocycles. The average Bonchev–Trinajstić information content (AvgIpc) is 2.61. The van der Waals surface area contributed by atoms with E-state index in [2.05, 4.69) is 5.32 Å². The Morgan fingerprint density at radius 1 is 1.15 bits per heavy atom. The third-order valence-electron chi connectivity index (χ3n) is 3.70. The van der Waals surface area contributed by atoms with E-state index in [4.69, 9.17) is 31.5 Å². The van der Waals surface area contributed by atoms with Crippen LogP contribution in [0.3, 0.4) is 0 Å². The van der Waals surface area contributed by atoms with Crippen molar-refractivity contribution in [2.75, 3.05) is 24.3 Å². The van der Waals surface area contributed by atoms with Gasteiger partial charge in [0, 0.05) is 22.5 Å². The van der Waals surface area contributed by atoms with Crippen LogP contribution in [-0.2, 0) is 9.53 Å². The first-order chi connectivity index (χ1) is 12.4. The van der Waals surface area contributed by atoms with E-state index in [1.165, 1.54) is 25.1 Å². The number of ether oxygens (including phenoxy) is 3. The number of hydrogen-bond donors (Lipinski definition) is 2. The Bertz CT molecular complexity index is 855. The molecule has 3 N–H and O–H groups in total. The topological polar surface area (TPSA) is 99.9 Å². The fourth-order valence-corrected chi connectivity index (χ4v) is 2.54. The van der Waals surface area contributed by atoms with Gasteiger partial charge in [-0.1, -0.05) is 11.6 Å². The summed E-state index contributed by atoms with van der Waals surface area (Å²) in [5.41, 5.74) is 6.59. The summed E-state index contributed by atoms with van der Waals surface area (Å²) < 4.78 is 16.1. The summed E-state index contributed by atoms with van der Waals surface area (Å²) in [7, 11) is 0. The molecule has 0 aliphatic carbocycles. The minimum Gasteiger partial charge on any atom is -0.486 e. The lowest BCUT2D eigenvalue weighted by molar-refractivity contribution is -0.123. The number of esters is 1. The summed E-state index contributed by atoms with van der Waals surface area (Å²) in [5, 5.41) is 3.07. The predicted molar refractivity (Wildman–Crippen MR) is 96.8 cm³/mol. The van der Waals surface area contributed by atoms with Gasteiger partial charge in [-0.2, -0.15) is 0 Å². The summed E-state index contributed by atoms with van der Waals surface area (Å²) >= 11 is 5.80. The van der Waals surface area contributed by atoms with Gasteiger partial charge in [-0.15, -0.1) is 0 Å². The van der Waals surface area contributed by atoms with Gasteiger partial charge in [0.25, 0.3) is 5.91 Å². The SMILES string of the molecule is CC(OC(=O)c1ccc(Cl)cc1N)C(=O)Nc1ccc2c(c1)OCCO2. The number of nitrogens with one attached hydrogen (secondary N) is 1. The van der Waals surface area contributed by atoms with Crippen molar-refractivity contribution < 1.29 is 23.8 Å². The van der Waals surface area contributed by atoms with Crippen molar-refractivity contribution >= 4 is 34.9 Å². The molecule has 0 aromatic heterocycles. The van der Waals surface area contributed by atoms with Crippen LogP contribution >= 0.6 is 11.6 Å². The quantitative estimate of drug-likeness (QED) is 0.628. The lowest BCUT2D eigenvalue weighted by Gasteiger charge is -2.19. The maximum absolute atomic E-state index is 12.3. The van der Waals surface area contributed by atoms with Gasteiger partial charge in [-0.05, 0) is 37.3 Å². The van der Waals surface area contributed by atoms with Crippen molar-refractivity contribution in [2.24, 2.45) is 0 Å². The Hall–Kier alpha value is -2.93. The molecule has 0 saturated heterocycles. The van der Waals surface area contributed by atoms with Crippen LogP contribution < -0.4 is 20.5 Å². The second kappa shape index (κ2) is 7.53. The fourth-order valence-electron chi connectivity index (χ4n) is 2.36. The monoisotopic (exact) mass is 376 g/mol. The van der Waals surface area contributed by atoms with Gasteiger partial charge in [0.1, 0.15) is 13.2 Å². The van der Waals surface area contributed by atoms with E-state index < -0.39 is 18.0 Å². The summed E-state index contributed by atoms with van der Waals surface area (Å²) in [6.07, 6.45) is -1.02. The molecule has 2 aromatic rings. The third-order valence-corrected chi connectivity index (χ3v) is 3.93. The molecule has 1 atom stereocenters. The van der Waals surface area contributed by atoms with E-state index in [-0.39, 0.29) is 11.3 Å². The first kappa shape index (κ1) is 17.9. The normalized spacial score (nSPS) is 13.6. The maximum Gasteiger partial charge on any atom is 0.341 e. The van der Waals surface area contributed by atoms with Gasteiger partial charge >= 0.3 is 5.97 Å². The van der Waals surface area contributed by atoms with Crippen LogP contribution in [-0.4, -0.2) is 31.2 Å². The molecule has 1 aliphatic heterocycles. The van der Waals surface area contributed by atoms with Gasteiger partial charge in [-0.25, -0.2) is 4.79 Å². The number of rotatable bonds is 4. The van der Waals surface area contributed by atoms with Crippen LogP contribution in [0.1, 0.15) is 17.3 Å². The van der Waals surface area contributed by atoms with Crippen LogP contribution in [0.25, 0.3) is 0 Å².